The van der Waals surface area contributed by atoms with Crippen LogP contribution in [0.1, 0.15) is 10.4 Å². The van der Waals surface area contributed by atoms with Crippen molar-refractivity contribution in [1.82, 2.24) is 0 Å². The van der Waals surface area contributed by atoms with E-state index in [1.165, 1.54) is 12.1 Å². The number of carbonyl (C=O) groups is 1. The fraction of sp³-hybridized carbons (Fsp3) is 0.125. The first kappa shape index (κ1) is 15.6. The van der Waals surface area contributed by atoms with Gasteiger partial charge in [-0.15, -0.1) is 0 Å². The van der Waals surface area contributed by atoms with Crippen LogP contribution < -0.4 is 74.0 Å². The van der Waals surface area contributed by atoms with Crippen LogP contribution in [-0.2, 0) is 9.84 Å². The van der Waals surface area contributed by atoms with Gasteiger partial charge in [0.1, 0.15) is 0 Å². The van der Waals surface area contributed by atoms with Crippen LogP contribution in [0.4, 0.5) is 4.39 Å². The summed E-state index contributed by atoms with van der Waals surface area (Å²) in [6.45, 7) is 0. The Morgan fingerprint density at radius 3 is 2.33 bits per heavy atom. The monoisotopic (exact) mass is 350 g/mol. The summed E-state index contributed by atoms with van der Waals surface area (Å²) in [5.74, 6) is -1.64. The Hall–Kier alpha value is 0.622. The van der Waals surface area contributed by atoms with Gasteiger partial charge in [-0.05, 0) is 6.07 Å². The molecule has 0 bridgehead atoms. The summed E-state index contributed by atoms with van der Waals surface area (Å²) in [6.07, 6.45) is 0. The molecule has 0 unspecified atom stereocenters. The number of aromatic carboxylic acids is 1. The van der Waals surface area contributed by atoms with Crippen LogP contribution in [0.3, 0.4) is 0 Å². The topological polar surface area (TPSA) is 74.3 Å². The van der Waals surface area contributed by atoms with Crippen molar-refractivity contribution in [3.63, 3.8) is 0 Å². The smallest absolute Gasteiger partial charge is 0.545 e. The third-order valence-corrected chi connectivity index (χ3v) is 2.90. The molecule has 0 fully saturated rings. The second-order valence-electron chi connectivity index (χ2n) is 2.51. The molecular formula is C8H6CsFO4S. The second kappa shape index (κ2) is 6.38. The molecule has 0 spiro atoms. The first-order chi connectivity index (χ1) is 6.49. The Labute approximate surface area is 145 Å². The molecule has 76 valence electrons. The minimum atomic E-state index is -4.16. The molecule has 0 aliphatic carbocycles. The van der Waals surface area contributed by atoms with E-state index >= 15 is 0 Å². The van der Waals surface area contributed by atoms with Crippen molar-refractivity contribution in [2.75, 3.05) is 6.01 Å². The molecule has 0 atom stereocenters. The van der Waals surface area contributed by atoms with Crippen molar-refractivity contribution < 1.29 is 91.6 Å². The van der Waals surface area contributed by atoms with E-state index in [-0.39, 0.29) is 68.9 Å². The molecule has 0 saturated carbocycles. The molecule has 7 heteroatoms. The molecule has 0 aliphatic heterocycles. The first-order valence-corrected chi connectivity index (χ1v) is 5.23. The van der Waals surface area contributed by atoms with Gasteiger partial charge in [0, 0.05) is 5.56 Å². The number of carboxylic acids is 1. The minimum absolute atomic E-state index is 0. The SMILES string of the molecule is O=C([O-])c1ccccc1S(=O)(=O)CF.[Cs+]. The number of carboxylic acid groups (broad SMARTS) is 1. The summed E-state index contributed by atoms with van der Waals surface area (Å²) >= 11 is 0. The van der Waals surface area contributed by atoms with E-state index in [2.05, 4.69) is 0 Å². The maximum Gasteiger partial charge on any atom is 1.00 e. The predicted octanol–water partition coefficient (Wildman–Crippen LogP) is -3.25. The van der Waals surface area contributed by atoms with Crippen molar-refractivity contribution >= 4 is 15.8 Å². The van der Waals surface area contributed by atoms with Gasteiger partial charge in [-0.2, -0.15) is 0 Å². The Morgan fingerprint density at radius 2 is 1.87 bits per heavy atom. The van der Waals surface area contributed by atoms with Gasteiger partial charge in [0.25, 0.3) is 0 Å². The van der Waals surface area contributed by atoms with Crippen LogP contribution in [0.2, 0.25) is 0 Å². The fourth-order valence-corrected chi connectivity index (χ4v) is 1.86. The molecule has 0 saturated heterocycles. The molecule has 0 N–H and O–H groups in total. The van der Waals surface area contributed by atoms with Gasteiger partial charge in [0.15, 0.2) is 6.01 Å². The third-order valence-electron chi connectivity index (χ3n) is 1.59. The van der Waals surface area contributed by atoms with Gasteiger partial charge in [0.2, 0.25) is 9.84 Å². The Kier molecular flexibility index (Phi) is 6.64. The number of rotatable bonds is 3. The van der Waals surface area contributed by atoms with Crippen molar-refractivity contribution in [3.05, 3.63) is 29.8 Å². The molecule has 15 heavy (non-hydrogen) atoms. The van der Waals surface area contributed by atoms with Gasteiger partial charge >= 0.3 is 68.9 Å². The molecule has 1 aromatic rings. The largest absolute Gasteiger partial charge is 1.00 e. The molecule has 0 aliphatic rings. The summed E-state index contributed by atoms with van der Waals surface area (Å²) < 4.78 is 34.2. The average molecular weight is 350 g/mol. The van der Waals surface area contributed by atoms with E-state index in [1.54, 1.807) is 0 Å². The van der Waals surface area contributed by atoms with Crippen LogP contribution in [0.5, 0.6) is 0 Å². The normalized spacial score (nSPS) is 10.5. The summed E-state index contributed by atoms with van der Waals surface area (Å²) in [7, 11) is -4.16. The standard InChI is InChI=1S/C8H7FO4S.Cs/c9-5-14(12,13)7-4-2-1-3-6(7)8(10)11;/h1-4H,5H2,(H,10,11);/q;+1/p-1. The molecule has 0 radical (unpaired) electrons. The van der Waals surface area contributed by atoms with E-state index < -0.39 is 32.3 Å². The maximum absolute atomic E-state index is 12.1. The van der Waals surface area contributed by atoms with Crippen molar-refractivity contribution in [2.24, 2.45) is 0 Å². The zero-order valence-corrected chi connectivity index (χ0v) is 15.0. The van der Waals surface area contributed by atoms with Crippen LogP contribution in [0.15, 0.2) is 29.2 Å². The van der Waals surface area contributed by atoms with Crippen LogP contribution in [0.25, 0.3) is 0 Å². The molecule has 4 nitrogen and oxygen atoms in total. The van der Waals surface area contributed by atoms with Gasteiger partial charge in [-0.3, -0.25) is 0 Å². The number of carbonyl (C=O) groups excluding carboxylic acids is 1. The summed E-state index contributed by atoms with van der Waals surface area (Å²) in [5.41, 5.74) is -0.523. The van der Waals surface area contributed by atoms with E-state index in [0.717, 1.165) is 12.1 Å². The number of halogens is 1. The van der Waals surface area contributed by atoms with E-state index in [0.29, 0.717) is 0 Å². The number of hydrogen-bond donors (Lipinski definition) is 0. The second-order valence-corrected chi connectivity index (χ2v) is 4.40. The third kappa shape index (κ3) is 3.84. The van der Waals surface area contributed by atoms with Crippen LogP contribution in [0, 0.1) is 0 Å². The van der Waals surface area contributed by atoms with Crippen LogP contribution >= 0.6 is 0 Å². The number of alkyl halides is 1. The quantitative estimate of drug-likeness (QED) is 0.574. The minimum Gasteiger partial charge on any atom is -0.545 e. The van der Waals surface area contributed by atoms with Crippen molar-refractivity contribution in [1.29, 1.82) is 0 Å². The first-order valence-electron chi connectivity index (χ1n) is 3.58. The fourth-order valence-electron chi connectivity index (χ4n) is 0.965. The number of hydrogen-bond acceptors (Lipinski definition) is 4. The Bertz CT molecular complexity index is 457. The zero-order valence-electron chi connectivity index (χ0n) is 7.94. The molecule has 1 rings (SSSR count). The maximum atomic E-state index is 12.1. The number of benzene rings is 1. The summed E-state index contributed by atoms with van der Waals surface area (Å²) in [4.78, 5) is 9.93. The van der Waals surface area contributed by atoms with Crippen molar-refractivity contribution in [3.8, 4) is 0 Å². The molecule has 0 heterocycles. The van der Waals surface area contributed by atoms with E-state index in [4.69, 9.17) is 0 Å². The summed E-state index contributed by atoms with van der Waals surface area (Å²) in [6, 6.07) is 3.10. The van der Waals surface area contributed by atoms with Gasteiger partial charge in [0.05, 0.1) is 10.9 Å². The predicted molar refractivity (Wildman–Crippen MR) is 43.9 cm³/mol. The van der Waals surface area contributed by atoms with Gasteiger partial charge in [-0.25, -0.2) is 12.8 Å². The van der Waals surface area contributed by atoms with Gasteiger partial charge < -0.3 is 9.90 Å². The van der Waals surface area contributed by atoms with Crippen LogP contribution in [-0.4, -0.2) is 20.4 Å². The van der Waals surface area contributed by atoms with Gasteiger partial charge in [-0.1, -0.05) is 18.2 Å². The Morgan fingerprint density at radius 1 is 1.33 bits per heavy atom. The molecular weight excluding hydrogens is 344 g/mol. The summed E-state index contributed by atoms with van der Waals surface area (Å²) in [5, 5.41) is 10.5. The van der Waals surface area contributed by atoms with E-state index in [9.17, 15) is 22.7 Å². The van der Waals surface area contributed by atoms with Crippen molar-refractivity contribution in [2.45, 2.75) is 4.90 Å². The Balaban J connectivity index is 0.00000196. The number of sulfone groups is 1. The van der Waals surface area contributed by atoms with E-state index in [1.807, 2.05) is 0 Å². The molecule has 0 amide bonds. The molecule has 1 aromatic carbocycles. The zero-order chi connectivity index (χ0) is 10.8. The average Bonchev–Trinajstić information content (AvgIpc) is 2.18. The molecule has 0 aromatic heterocycles.